The molecule has 2 aromatic rings. The van der Waals surface area contributed by atoms with Crippen LogP contribution in [0.2, 0.25) is 15.1 Å². The summed E-state index contributed by atoms with van der Waals surface area (Å²) < 4.78 is 10.3. The van der Waals surface area contributed by atoms with Gasteiger partial charge in [-0.1, -0.05) is 34.8 Å². The van der Waals surface area contributed by atoms with Crippen LogP contribution >= 0.6 is 34.8 Å². The largest absolute Gasteiger partial charge is 0.469 e. The lowest BCUT2D eigenvalue weighted by Gasteiger charge is -2.26. The van der Waals surface area contributed by atoms with E-state index in [1.54, 1.807) is 6.07 Å². The second-order valence-electron chi connectivity index (χ2n) is 6.11. The van der Waals surface area contributed by atoms with Crippen LogP contribution in [0.5, 0.6) is 0 Å². The molecule has 5 nitrogen and oxygen atoms in total. The highest BCUT2D eigenvalue weighted by atomic mass is 35.5. The van der Waals surface area contributed by atoms with Crippen molar-refractivity contribution in [1.29, 1.82) is 0 Å². The Bertz CT molecular complexity index is 816. The maximum atomic E-state index is 11.2. The second-order valence-corrected chi connectivity index (χ2v) is 7.30. The summed E-state index contributed by atoms with van der Waals surface area (Å²) >= 11 is 18.9. The molecule has 1 aliphatic heterocycles. The maximum absolute atomic E-state index is 11.2. The lowest BCUT2D eigenvalue weighted by atomic mass is 10.2. The third-order valence-electron chi connectivity index (χ3n) is 4.47. The minimum absolute atomic E-state index is 0.173. The topological polar surface area (TPSA) is 51.7 Å². The summed E-state index contributed by atoms with van der Waals surface area (Å²) in [5, 5.41) is 2.21. The molecule has 1 fully saturated rings. The fraction of sp³-hybridized carbons (Fsp3) is 0.444. The highest BCUT2D eigenvalue weighted by Gasteiger charge is 2.27. The molecule has 0 amide bonds. The van der Waals surface area contributed by atoms with Crippen LogP contribution in [-0.4, -0.2) is 43.9 Å². The predicted octanol–water partition coefficient (Wildman–Crippen LogP) is 4.74. The average molecular weight is 418 g/mol. The Morgan fingerprint density at radius 1 is 1.31 bits per heavy atom. The van der Waals surface area contributed by atoms with Crippen LogP contribution in [0, 0.1) is 0 Å². The SMILES string of the molecule is COC(=O)CCOCC1CCCN1c1cc(Cl)c2ccc(Cl)c(Cl)c2n1. The first-order valence-corrected chi connectivity index (χ1v) is 9.50. The monoisotopic (exact) mass is 416 g/mol. The van der Waals surface area contributed by atoms with Gasteiger partial charge in [0, 0.05) is 11.9 Å². The van der Waals surface area contributed by atoms with Gasteiger partial charge in [0.15, 0.2) is 0 Å². The quantitative estimate of drug-likeness (QED) is 0.502. The molecule has 1 aromatic heterocycles. The van der Waals surface area contributed by atoms with E-state index in [4.69, 9.17) is 44.5 Å². The number of pyridine rings is 1. The fourth-order valence-electron chi connectivity index (χ4n) is 3.11. The zero-order valence-electron chi connectivity index (χ0n) is 14.3. The number of fused-ring (bicyclic) bond motifs is 1. The van der Waals surface area contributed by atoms with E-state index < -0.39 is 0 Å². The van der Waals surface area contributed by atoms with Gasteiger partial charge in [-0.3, -0.25) is 4.79 Å². The third kappa shape index (κ3) is 4.17. The van der Waals surface area contributed by atoms with Crippen LogP contribution in [0.3, 0.4) is 0 Å². The molecule has 1 saturated heterocycles. The number of anilines is 1. The van der Waals surface area contributed by atoms with Crippen LogP contribution in [0.15, 0.2) is 18.2 Å². The molecule has 2 heterocycles. The Hall–Kier alpha value is -1.27. The number of hydrogen-bond donors (Lipinski definition) is 0. The van der Waals surface area contributed by atoms with Gasteiger partial charge >= 0.3 is 5.97 Å². The van der Waals surface area contributed by atoms with Crippen molar-refractivity contribution in [2.24, 2.45) is 0 Å². The number of halogens is 3. The number of esters is 1. The van der Waals surface area contributed by atoms with E-state index in [0.29, 0.717) is 33.8 Å². The first-order chi connectivity index (χ1) is 12.5. The van der Waals surface area contributed by atoms with Gasteiger partial charge in [-0.05, 0) is 31.0 Å². The first kappa shape index (κ1) is 19.5. The van der Waals surface area contributed by atoms with Gasteiger partial charge < -0.3 is 14.4 Å². The molecule has 0 aliphatic carbocycles. The highest BCUT2D eigenvalue weighted by molar-refractivity contribution is 6.46. The lowest BCUT2D eigenvalue weighted by Crippen LogP contribution is -2.34. The van der Waals surface area contributed by atoms with Crippen LogP contribution < -0.4 is 4.90 Å². The van der Waals surface area contributed by atoms with Crippen molar-refractivity contribution in [3.63, 3.8) is 0 Å². The number of rotatable bonds is 6. The average Bonchev–Trinajstić information content (AvgIpc) is 3.10. The van der Waals surface area contributed by atoms with E-state index in [0.717, 1.165) is 30.6 Å². The van der Waals surface area contributed by atoms with Crippen LogP contribution in [0.1, 0.15) is 19.3 Å². The van der Waals surface area contributed by atoms with Gasteiger partial charge in [-0.15, -0.1) is 0 Å². The minimum atomic E-state index is -0.275. The molecule has 26 heavy (non-hydrogen) atoms. The summed E-state index contributed by atoms with van der Waals surface area (Å²) in [5.41, 5.74) is 0.596. The number of nitrogens with zero attached hydrogens (tertiary/aromatic N) is 2. The highest BCUT2D eigenvalue weighted by Crippen LogP contribution is 2.36. The molecule has 1 aliphatic rings. The predicted molar refractivity (Wildman–Crippen MR) is 105 cm³/mol. The number of benzene rings is 1. The summed E-state index contributed by atoms with van der Waals surface area (Å²) in [6.07, 6.45) is 2.27. The molecule has 0 bridgehead atoms. The van der Waals surface area contributed by atoms with E-state index in [2.05, 4.69) is 9.64 Å². The smallest absolute Gasteiger partial charge is 0.307 e. The molecule has 1 unspecified atom stereocenters. The maximum Gasteiger partial charge on any atom is 0.307 e. The first-order valence-electron chi connectivity index (χ1n) is 8.36. The van der Waals surface area contributed by atoms with Crippen LogP contribution in [0.4, 0.5) is 5.82 Å². The van der Waals surface area contributed by atoms with Gasteiger partial charge in [0.1, 0.15) is 5.82 Å². The molecular weight excluding hydrogens is 399 g/mol. The van der Waals surface area contributed by atoms with Gasteiger partial charge in [0.2, 0.25) is 0 Å². The van der Waals surface area contributed by atoms with E-state index in [1.165, 1.54) is 7.11 Å². The molecule has 0 radical (unpaired) electrons. The molecule has 140 valence electrons. The summed E-state index contributed by atoms with van der Waals surface area (Å²) in [5.74, 6) is 0.480. The summed E-state index contributed by atoms with van der Waals surface area (Å²) in [7, 11) is 1.37. The Labute approximate surface area is 167 Å². The van der Waals surface area contributed by atoms with Crippen molar-refractivity contribution in [2.75, 3.05) is 31.8 Å². The lowest BCUT2D eigenvalue weighted by molar-refractivity contribution is -0.141. The Balaban J connectivity index is 1.77. The number of aromatic nitrogens is 1. The molecule has 8 heteroatoms. The Morgan fingerprint density at radius 3 is 2.88 bits per heavy atom. The Kier molecular flexibility index (Phi) is 6.46. The molecule has 3 rings (SSSR count). The van der Waals surface area contributed by atoms with Crippen molar-refractivity contribution in [1.82, 2.24) is 4.98 Å². The number of hydrogen-bond acceptors (Lipinski definition) is 5. The zero-order chi connectivity index (χ0) is 18.7. The molecule has 1 aromatic carbocycles. The summed E-state index contributed by atoms with van der Waals surface area (Å²) in [6.45, 7) is 1.71. The van der Waals surface area contributed by atoms with E-state index in [-0.39, 0.29) is 18.4 Å². The van der Waals surface area contributed by atoms with Crippen molar-refractivity contribution in [3.8, 4) is 0 Å². The number of ether oxygens (including phenoxy) is 2. The number of carbonyl (C=O) groups excluding carboxylic acids is 1. The van der Waals surface area contributed by atoms with Crippen molar-refractivity contribution < 1.29 is 14.3 Å². The van der Waals surface area contributed by atoms with Crippen LogP contribution in [-0.2, 0) is 14.3 Å². The molecule has 0 spiro atoms. The van der Waals surface area contributed by atoms with Gasteiger partial charge in [0.05, 0.1) is 53.4 Å². The Morgan fingerprint density at radius 2 is 2.12 bits per heavy atom. The summed E-state index contributed by atoms with van der Waals surface area (Å²) in [6, 6.07) is 5.56. The van der Waals surface area contributed by atoms with Crippen molar-refractivity contribution >= 4 is 57.5 Å². The normalized spacial score (nSPS) is 17.1. The third-order valence-corrected chi connectivity index (χ3v) is 5.58. The minimum Gasteiger partial charge on any atom is -0.469 e. The zero-order valence-corrected chi connectivity index (χ0v) is 16.6. The van der Waals surface area contributed by atoms with Crippen LogP contribution in [0.25, 0.3) is 10.9 Å². The fourth-order valence-corrected chi connectivity index (χ4v) is 3.72. The van der Waals surface area contributed by atoms with E-state index in [9.17, 15) is 4.79 Å². The van der Waals surface area contributed by atoms with E-state index >= 15 is 0 Å². The van der Waals surface area contributed by atoms with Crippen molar-refractivity contribution in [2.45, 2.75) is 25.3 Å². The van der Waals surface area contributed by atoms with E-state index in [1.807, 2.05) is 12.1 Å². The molecular formula is C18H19Cl3N2O3. The molecule has 1 atom stereocenters. The van der Waals surface area contributed by atoms with Gasteiger partial charge in [0.25, 0.3) is 0 Å². The molecule has 0 saturated carbocycles. The molecule has 0 N–H and O–H groups in total. The standard InChI is InChI=1S/C18H19Cl3N2O3/c1-25-16(24)6-8-26-10-11-3-2-7-23(11)15-9-14(20)12-4-5-13(19)17(21)18(12)22-15/h4-5,9,11H,2-3,6-8,10H2,1H3. The number of carbonyl (C=O) groups is 1. The van der Waals surface area contributed by atoms with Gasteiger partial charge in [-0.2, -0.15) is 0 Å². The van der Waals surface area contributed by atoms with Gasteiger partial charge in [-0.25, -0.2) is 4.98 Å². The second kappa shape index (κ2) is 8.61. The summed E-state index contributed by atoms with van der Waals surface area (Å²) in [4.78, 5) is 18.0. The number of methoxy groups -OCH3 is 1. The van der Waals surface area contributed by atoms with Crippen molar-refractivity contribution in [3.05, 3.63) is 33.3 Å².